The molecule has 0 radical (unpaired) electrons. The minimum absolute atomic E-state index is 0.00934. The predicted molar refractivity (Wildman–Crippen MR) is 123 cm³/mol. The van der Waals surface area contributed by atoms with E-state index in [2.05, 4.69) is 5.32 Å². The van der Waals surface area contributed by atoms with Gasteiger partial charge in [0.2, 0.25) is 5.91 Å². The molecule has 1 aliphatic carbocycles. The van der Waals surface area contributed by atoms with Crippen LogP contribution >= 0.6 is 0 Å². The van der Waals surface area contributed by atoms with Crippen LogP contribution in [0.5, 0.6) is 0 Å². The van der Waals surface area contributed by atoms with Gasteiger partial charge in [-0.05, 0) is 43.5 Å². The van der Waals surface area contributed by atoms with E-state index in [0.717, 1.165) is 18.4 Å². The van der Waals surface area contributed by atoms with E-state index < -0.39 is 11.8 Å². The van der Waals surface area contributed by atoms with Crippen LogP contribution in [-0.2, 0) is 9.53 Å². The Labute approximate surface area is 193 Å². The van der Waals surface area contributed by atoms with Crippen LogP contribution in [0, 0.1) is 6.92 Å². The van der Waals surface area contributed by atoms with E-state index in [9.17, 15) is 14.4 Å². The molecule has 2 aliphatic heterocycles. The average Bonchev–Trinajstić information content (AvgIpc) is 3.58. The Hall–Kier alpha value is -3.19. The smallest absolute Gasteiger partial charge is 0.256 e. The van der Waals surface area contributed by atoms with Gasteiger partial charge >= 0.3 is 0 Å². The van der Waals surface area contributed by atoms with Crippen LogP contribution in [0.3, 0.4) is 0 Å². The summed E-state index contributed by atoms with van der Waals surface area (Å²) in [5, 5.41) is 3.03. The van der Waals surface area contributed by atoms with E-state index in [1.54, 1.807) is 17.0 Å². The summed E-state index contributed by atoms with van der Waals surface area (Å²) < 4.78 is 6.24. The molecule has 0 aromatic heterocycles. The van der Waals surface area contributed by atoms with Gasteiger partial charge < -0.3 is 15.0 Å². The van der Waals surface area contributed by atoms with Crippen molar-refractivity contribution in [3.05, 3.63) is 71.3 Å². The first kappa shape index (κ1) is 21.6. The largest absolute Gasteiger partial charge is 0.353 e. The van der Waals surface area contributed by atoms with Gasteiger partial charge in [0.15, 0.2) is 0 Å². The summed E-state index contributed by atoms with van der Waals surface area (Å²) in [7, 11) is 0. The number of aryl methyl sites for hydroxylation is 1. The lowest BCUT2D eigenvalue weighted by atomic mass is 9.95. The van der Waals surface area contributed by atoms with Crippen LogP contribution < -0.4 is 5.32 Å². The number of piperidine rings is 1. The monoisotopic (exact) mass is 447 g/mol. The van der Waals surface area contributed by atoms with Crippen molar-refractivity contribution < 1.29 is 19.1 Å². The molecule has 2 saturated heterocycles. The van der Waals surface area contributed by atoms with E-state index in [1.807, 2.05) is 54.3 Å². The standard InChI is InChI=1S/C26H29N3O4/c1-18-7-5-6-10-21(18)25(32)28-15-13-26(14-16-28)29(24(31)19-8-3-2-4-9-19)22(17-33-26)23(30)27-20-11-12-20/h2-10,20,22H,11-17H2,1H3,(H,27,30). The fourth-order valence-corrected chi connectivity index (χ4v) is 4.85. The second kappa shape index (κ2) is 8.63. The highest BCUT2D eigenvalue weighted by molar-refractivity contribution is 5.99. The molecule has 1 saturated carbocycles. The summed E-state index contributed by atoms with van der Waals surface area (Å²) in [6, 6.07) is 16.1. The van der Waals surface area contributed by atoms with Crippen molar-refractivity contribution in [2.75, 3.05) is 19.7 Å². The third kappa shape index (κ3) is 4.13. The first-order valence-corrected chi connectivity index (χ1v) is 11.7. The van der Waals surface area contributed by atoms with Gasteiger partial charge in [0.25, 0.3) is 11.8 Å². The highest BCUT2D eigenvalue weighted by Crippen LogP contribution is 2.39. The number of ether oxygens (including phenoxy) is 1. The number of amides is 3. The maximum absolute atomic E-state index is 13.6. The van der Waals surface area contributed by atoms with Crippen LogP contribution in [0.1, 0.15) is 52.0 Å². The van der Waals surface area contributed by atoms with Crippen LogP contribution in [0.25, 0.3) is 0 Å². The van der Waals surface area contributed by atoms with Crippen molar-refractivity contribution in [1.29, 1.82) is 0 Å². The fourth-order valence-electron chi connectivity index (χ4n) is 4.85. The van der Waals surface area contributed by atoms with Crippen molar-refractivity contribution in [3.8, 4) is 0 Å². The van der Waals surface area contributed by atoms with Crippen LogP contribution in [0.2, 0.25) is 0 Å². The minimum atomic E-state index is -0.888. The normalized spacial score (nSPS) is 21.8. The molecule has 33 heavy (non-hydrogen) atoms. The van der Waals surface area contributed by atoms with Gasteiger partial charge in [-0.15, -0.1) is 0 Å². The molecule has 1 N–H and O–H groups in total. The number of benzene rings is 2. The summed E-state index contributed by atoms with van der Waals surface area (Å²) in [5.74, 6) is -0.371. The topological polar surface area (TPSA) is 79.0 Å². The highest BCUT2D eigenvalue weighted by atomic mass is 16.5. The van der Waals surface area contributed by atoms with Crippen LogP contribution in [0.4, 0.5) is 0 Å². The van der Waals surface area contributed by atoms with Gasteiger partial charge in [-0.25, -0.2) is 0 Å². The SMILES string of the molecule is Cc1ccccc1C(=O)N1CCC2(CC1)OCC(C(=O)NC1CC1)N2C(=O)c1ccccc1. The molecule has 3 amide bonds. The number of likely N-dealkylation sites (tertiary alicyclic amines) is 1. The molecule has 2 heterocycles. The third-order valence-corrected chi connectivity index (χ3v) is 6.93. The molecule has 7 nitrogen and oxygen atoms in total. The van der Waals surface area contributed by atoms with E-state index in [4.69, 9.17) is 4.74 Å². The molecular weight excluding hydrogens is 418 g/mol. The summed E-state index contributed by atoms with van der Waals surface area (Å²) >= 11 is 0. The molecule has 3 fully saturated rings. The molecule has 0 bridgehead atoms. The molecule has 1 unspecified atom stereocenters. The molecule has 5 rings (SSSR count). The Kier molecular flexibility index (Phi) is 5.66. The molecule has 1 atom stereocenters. The Morgan fingerprint density at radius 1 is 0.939 bits per heavy atom. The molecule has 7 heteroatoms. The lowest BCUT2D eigenvalue weighted by Gasteiger charge is -2.44. The summed E-state index contributed by atoms with van der Waals surface area (Å²) in [5.41, 5.74) is 1.28. The first-order chi connectivity index (χ1) is 16.0. The van der Waals surface area contributed by atoms with E-state index in [1.165, 1.54) is 0 Å². The second-order valence-corrected chi connectivity index (χ2v) is 9.20. The van der Waals surface area contributed by atoms with Crippen molar-refractivity contribution in [3.63, 3.8) is 0 Å². The van der Waals surface area contributed by atoms with Gasteiger partial charge in [0.05, 0.1) is 6.61 Å². The number of nitrogens with zero attached hydrogens (tertiary/aromatic N) is 2. The Balaban J connectivity index is 1.38. The van der Waals surface area contributed by atoms with E-state index in [-0.39, 0.29) is 30.4 Å². The van der Waals surface area contributed by atoms with Crippen molar-refractivity contribution in [2.24, 2.45) is 0 Å². The van der Waals surface area contributed by atoms with Crippen LogP contribution in [0.15, 0.2) is 54.6 Å². The zero-order valence-corrected chi connectivity index (χ0v) is 18.8. The lowest BCUT2D eigenvalue weighted by Crippen LogP contribution is -2.60. The molecular formula is C26H29N3O4. The predicted octanol–water partition coefficient (Wildman–Crippen LogP) is 2.75. The molecule has 172 valence electrons. The lowest BCUT2D eigenvalue weighted by molar-refractivity contribution is -0.128. The maximum atomic E-state index is 13.6. The van der Waals surface area contributed by atoms with Crippen molar-refractivity contribution in [1.82, 2.24) is 15.1 Å². The second-order valence-electron chi connectivity index (χ2n) is 9.20. The van der Waals surface area contributed by atoms with E-state index in [0.29, 0.717) is 37.1 Å². The number of carbonyl (C=O) groups excluding carboxylic acids is 3. The molecule has 1 spiro atoms. The minimum Gasteiger partial charge on any atom is -0.353 e. The Morgan fingerprint density at radius 2 is 1.61 bits per heavy atom. The van der Waals surface area contributed by atoms with Crippen LogP contribution in [-0.4, -0.2) is 65.0 Å². The van der Waals surface area contributed by atoms with Gasteiger partial charge in [-0.3, -0.25) is 19.3 Å². The zero-order valence-electron chi connectivity index (χ0n) is 18.8. The van der Waals surface area contributed by atoms with Gasteiger partial charge in [-0.1, -0.05) is 36.4 Å². The number of rotatable bonds is 4. The first-order valence-electron chi connectivity index (χ1n) is 11.7. The number of hydrogen-bond donors (Lipinski definition) is 1. The zero-order chi connectivity index (χ0) is 23.0. The molecule has 2 aromatic rings. The Morgan fingerprint density at radius 3 is 2.27 bits per heavy atom. The number of carbonyl (C=O) groups is 3. The third-order valence-electron chi connectivity index (χ3n) is 6.93. The Bertz CT molecular complexity index is 1060. The molecule has 3 aliphatic rings. The van der Waals surface area contributed by atoms with Gasteiger partial charge in [0.1, 0.15) is 11.8 Å². The van der Waals surface area contributed by atoms with Crippen molar-refractivity contribution >= 4 is 17.7 Å². The quantitative estimate of drug-likeness (QED) is 0.782. The number of hydrogen-bond acceptors (Lipinski definition) is 4. The summed E-state index contributed by atoms with van der Waals surface area (Å²) in [6.07, 6.45) is 2.90. The molecule has 2 aromatic carbocycles. The van der Waals surface area contributed by atoms with E-state index >= 15 is 0 Å². The van der Waals surface area contributed by atoms with Gasteiger partial charge in [-0.2, -0.15) is 0 Å². The highest BCUT2D eigenvalue weighted by Gasteiger charge is 2.54. The average molecular weight is 448 g/mol. The fraction of sp³-hybridized carbons (Fsp3) is 0.423. The maximum Gasteiger partial charge on any atom is 0.256 e. The summed E-state index contributed by atoms with van der Waals surface area (Å²) in [4.78, 5) is 43.2. The number of nitrogens with one attached hydrogen (secondary N) is 1. The summed E-state index contributed by atoms with van der Waals surface area (Å²) in [6.45, 7) is 3.02. The van der Waals surface area contributed by atoms with Gasteiger partial charge in [0, 0.05) is 43.1 Å². The van der Waals surface area contributed by atoms with Crippen molar-refractivity contribution in [2.45, 2.75) is 50.4 Å².